The quantitative estimate of drug-likeness (QED) is 0.694. The first-order valence-electron chi connectivity index (χ1n) is 3.87. The van der Waals surface area contributed by atoms with Gasteiger partial charge >= 0.3 is 0 Å². The minimum Gasteiger partial charge on any atom is -0.329 e. The number of rotatable bonds is 3. The number of hydrogen-bond donors (Lipinski definition) is 2. The van der Waals surface area contributed by atoms with Crippen LogP contribution >= 0.6 is 11.8 Å². The zero-order valence-electron chi connectivity index (χ0n) is 7.16. The third-order valence-corrected chi connectivity index (χ3v) is 2.50. The van der Waals surface area contributed by atoms with Crippen LogP contribution in [-0.2, 0) is 0 Å². The van der Waals surface area contributed by atoms with Gasteiger partial charge in [-0.2, -0.15) is 0 Å². The lowest BCUT2D eigenvalue weighted by atomic mass is 10.1. The van der Waals surface area contributed by atoms with Gasteiger partial charge in [-0.15, -0.1) is 11.8 Å². The summed E-state index contributed by atoms with van der Waals surface area (Å²) in [6, 6.07) is 8.14. The van der Waals surface area contributed by atoms with Crippen LogP contribution in [0.4, 0.5) is 0 Å². The first-order valence-corrected chi connectivity index (χ1v) is 5.10. The van der Waals surface area contributed by atoms with E-state index in [4.69, 9.17) is 11.5 Å². The summed E-state index contributed by atoms with van der Waals surface area (Å²) < 4.78 is 0. The van der Waals surface area contributed by atoms with Gasteiger partial charge in [0.15, 0.2) is 0 Å². The largest absolute Gasteiger partial charge is 0.329 e. The standard InChI is InChI=1S/C9H14N2S/c1-12-8-4-2-3-7(5-8)9(11)6-10/h2-5,9H,6,10-11H2,1H3/t9-/m0/s1. The van der Waals surface area contributed by atoms with Gasteiger partial charge in [-0.05, 0) is 24.0 Å². The highest BCUT2D eigenvalue weighted by Crippen LogP contribution is 2.18. The van der Waals surface area contributed by atoms with Gasteiger partial charge in [0.25, 0.3) is 0 Å². The summed E-state index contributed by atoms with van der Waals surface area (Å²) in [5.41, 5.74) is 12.4. The molecule has 0 heterocycles. The highest BCUT2D eigenvalue weighted by Gasteiger charge is 2.02. The Bertz CT molecular complexity index is 250. The molecule has 12 heavy (non-hydrogen) atoms. The fraction of sp³-hybridized carbons (Fsp3) is 0.333. The molecule has 66 valence electrons. The Morgan fingerprint density at radius 1 is 1.50 bits per heavy atom. The first kappa shape index (κ1) is 9.58. The van der Waals surface area contributed by atoms with Crippen LogP contribution < -0.4 is 11.5 Å². The molecule has 0 aliphatic heterocycles. The van der Waals surface area contributed by atoms with E-state index in [0.29, 0.717) is 6.54 Å². The van der Waals surface area contributed by atoms with E-state index in [-0.39, 0.29) is 6.04 Å². The number of benzene rings is 1. The van der Waals surface area contributed by atoms with E-state index in [1.54, 1.807) is 11.8 Å². The van der Waals surface area contributed by atoms with Gasteiger partial charge in [0.2, 0.25) is 0 Å². The van der Waals surface area contributed by atoms with Crippen molar-refractivity contribution in [2.75, 3.05) is 12.8 Å². The summed E-state index contributed by atoms with van der Waals surface area (Å²) in [6.45, 7) is 0.498. The minimum absolute atomic E-state index is 0.0305. The van der Waals surface area contributed by atoms with E-state index in [1.165, 1.54) is 4.90 Å². The maximum atomic E-state index is 5.78. The number of thioether (sulfide) groups is 1. The van der Waals surface area contributed by atoms with Crippen LogP contribution in [-0.4, -0.2) is 12.8 Å². The van der Waals surface area contributed by atoms with E-state index in [0.717, 1.165) is 5.56 Å². The van der Waals surface area contributed by atoms with Gasteiger partial charge in [0.05, 0.1) is 0 Å². The van der Waals surface area contributed by atoms with Crippen LogP contribution in [0, 0.1) is 0 Å². The molecule has 0 saturated carbocycles. The van der Waals surface area contributed by atoms with Gasteiger partial charge in [-0.1, -0.05) is 12.1 Å². The van der Waals surface area contributed by atoms with E-state index in [9.17, 15) is 0 Å². The molecular weight excluding hydrogens is 168 g/mol. The van der Waals surface area contributed by atoms with Gasteiger partial charge in [0.1, 0.15) is 0 Å². The van der Waals surface area contributed by atoms with E-state index < -0.39 is 0 Å². The normalized spacial score (nSPS) is 12.9. The van der Waals surface area contributed by atoms with Crippen molar-refractivity contribution >= 4 is 11.8 Å². The average Bonchev–Trinajstić information content (AvgIpc) is 2.17. The lowest BCUT2D eigenvalue weighted by Crippen LogP contribution is -2.20. The topological polar surface area (TPSA) is 52.0 Å². The molecule has 0 saturated heterocycles. The Morgan fingerprint density at radius 2 is 2.25 bits per heavy atom. The highest BCUT2D eigenvalue weighted by molar-refractivity contribution is 7.98. The fourth-order valence-corrected chi connectivity index (χ4v) is 1.48. The Balaban J connectivity index is 2.86. The van der Waals surface area contributed by atoms with Crippen LogP contribution in [0.15, 0.2) is 29.2 Å². The molecule has 1 aromatic carbocycles. The summed E-state index contributed by atoms with van der Waals surface area (Å²) >= 11 is 1.71. The Kier molecular flexibility index (Phi) is 3.59. The molecule has 1 aromatic rings. The van der Waals surface area contributed by atoms with Crippen molar-refractivity contribution in [2.24, 2.45) is 11.5 Å². The molecule has 0 amide bonds. The van der Waals surface area contributed by atoms with E-state index in [2.05, 4.69) is 12.1 Å². The molecule has 2 nitrogen and oxygen atoms in total. The molecule has 3 heteroatoms. The van der Waals surface area contributed by atoms with Gasteiger partial charge < -0.3 is 11.5 Å². The third kappa shape index (κ3) is 2.24. The molecule has 1 atom stereocenters. The molecule has 0 bridgehead atoms. The van der Waals surface area contributed by atoms with Crippen molar-refractivity contribution in [1.29, 1.82) is 0 Å². The van der Waals surface area contributed by atoms with Crippen molar-refractivity contribution in [3.63, 3.8) is 0 Å². The SMILES string of the molecule is CSc1cccc([C@@H](N)CN)c1. The maximum absolute atomic E-state index is 5.78. The second-order valence-electron chi connectivity index (χ2n) is 2.62. The predicted molar refractivity (Wildman–Crippen MR) is 54.2 cm³/mol. The predicted octanol–water partition coefficient (Wildman–Crippen LogP) is 1.37. The Morgan fingerprint density at radius 3 is 2.83 bits per heavy atom. The van der Waals surface area contributed by atoms with Crippen LogP contribution in [0.1, 0.15) is 11.6 Å². The van der Waals surface area contributed by atoms with Crippen molar-refractivity contribution in [1.82, 2.24) is 0 Å². The van der Waals surface area contributed by atoms with Gasteiger partial charge in [0, 0.05) is 17.5 Å². The molecule has 4 N–H and O–H groups in total. The maximum Gasteiger partial charge on any atom is 0.0419 e. The summed E-state index contributed by atoms with van der Waals surface area (Å²) in [5, 5.41) is 0. The van der Waals surface area contributed by atoms with Gasteiger partial charge in [-0.3, -0.25) is 0 Å². The summed E-state index contributed by atoms with van der Waals surface area (Å²) in [5.74, 6) is 0. The summed E-state index contributed by atoms with van der Waals surface area (Å²) in [7, 11) is 0. The number of hydrogen-bond acceptors (Lipinski definition) is 3. The zero-order chi connectivity index (χ0) is 8.97. The molecule has 0 fully saturated rings. The molecular formula is C9H14N2S. The minimum atomic E-state index is -0.0305. The van der Waals surface area contributed by atoms with Crippen molar-refractivity contribution < 1.29 is 0 Å². The van der Waals surface area contributed by atoms with E-state index >= 15 is 0 Å². The smallest absolute Gasteiger partial charge is 0.0419 e. The van der Waals surface area contributed by atoms with Crippen molar-refractivity contribution in [2.45, 2.75) is 10.9 Å². The average molecular weight is 182 g/mol. The van der Waals surface area contributed by atoms with Crippen molar-refractivity contribution in [3.05, 3.63) is 29.8 Å². The van der Waals surface area contributed by atoms with Crippen LogP contribution in [0.2, 0.25) is 0 Å². The molecule has 0 aliphatic carbocycles. The summed E-state index contributed by atoms with van der Waals surface area (Å²) in [4.78, 5) is 1.23. The third-order valence-electron chi connectivity index (χ3n) is 1.78. The Labute approximate surface area is 77.3 Å². The lowest BCUT2D eigenvalue weighted by molar-refractivity contribution is 0.735. The molecule has 0 unspecified atom stereocenters. The second kappa shape index (κ2) is 4.50. The van der Waals surface area contributed by atoms with Crippen LogP contribution in [0.25, 0.3) is 0 Å². The molecule has 0 aliphatic rings. The molecule has 1 rings (SSSR count). The molecule has 0 aromatic heterocycles. The fourth-order valence-electron chi connectivity index (χ4n) is 1.01. The first-order chi connectivity index (χ1) is 5.77. The van der Waals surface area contributed by atoms with Crippen LogP contribution in [0.5, 0.6) is 0 Å². The molecule has 0 spiro atoms. The van der Waals surface area contributed by atoms with E-state index in [1.807, 2.05) is 18.4 Å². The Hall–Kier alpha value is -0.510. The van der Waals surface area contributed by atoms with Crippen LogP contribution in [0.3, 0.4) is 0 Å². The lowest BCUT2D eigenvalue weighted by Gasteiger charge is -2.09. The zero-order valence-corrected chi connectivity index (χ0v) is 7.97. The number of nitrogens with two attached hydrogens (primary N) is 2. The molecule has 0 radical (unpaired) electrons. The van der Waals surface area contributed by atoms with Crippen molar-refractivity contribution in [3.8, 4) is 0 Å². The summed E-state index contributed by atoms with van der Waals surface area (Å²) in [6.07, 6.45) is 2.05. The second-order valence-corrected chi connectivity index (χ2v) is 3.50. The van der Waals surface area contributed by atoms with Gasteiger partial charge in [-0.25, -0.2) is 0 Å². The monoisotopic (exact) mass is 182 g/mol. The highest BCUT2D eigenvalue weighted by atomic mass is 32.2.